The molecule has 0 aliphatic carbocycles. The average Bonchev–Trinajstić information content (AvgIpc) is 2.77. The molecule has 2 heterocycles. The number of benzene rings is 2. The molecular formula is C24H23Cl2N3O3. The highest BCUT2D eigenvalue weighted by Crippen LogP contribution is 2.26. The highest BCUT2D eigenvalue weighted by molar-refractivity contribution is 6.34. The van der Waals surface area contributed by atoms with E-state index < -0.39 is 11.9 Å². The first kappa shape index (κ1) is 22.2. The molecule has 2 aliphatic rings. The highest BCUT2D eigenvalue weighted by atomic mass is 35.5. The van der Waals surface area contributed by atoms with E-state index >= 15 is 0 Å². The van der Waals surface area contributed by atoms with Crippen molar-refractivity contribution in [3.05, 3.63) is 87.2 Å². The molecule has 4 rings (SSSR count). The van der Waals surface area contributed by atoms with Crippen molar-refractivity contribution in [3.8, 4) is 5.75 Å². The molecule has 0 amide bonds. The van der Waals surface area contributed by atoms with E-state index in [4.69, 9.17) is 33.0 Å². The monoisotopic (exact) mass is 471 g/mol. The summed E-state index contributed by atoms with van der Waals surface area (Å²) in [6, 6.07) is 13.1. The van der Waals surface area contributed by atoms with Crippen LogP contribution in [0, 0.1) is 5.92 Å². The number of aliphatic carboxylic acids is 1. The lowest BCUT2D eigenvalue weighted by atomic mass is 10.1. The summed E-state index contributed by atoms with van der Waals surface area (Å²) in [5.74, 6) is -0.484. The third-order valence-corrected chi connectivity index (χ3v) is 5.73. The molecule has 0 fully saturated rings. The Kier molecular flexibility index (Phi) is 6.72. The van der Waals surface area contributed by atoms with Crippen LogP contribution >= 0.6 is 23.2 Å². The molecule has 0 saturated carbocycles. The van der Waals surface area contributed by atoms with Crippen molar-refractivity contribution < 1.29 is 14.6 Å². The van der Waals surface area contributed by atoms with Crippen LogP contribution in [-0.4, -0.2) is 35.3 Å². The third-order valence-electron chi connectivity index (χ3n) is 5.30. The van der Waals surface area contributed by atoms with Gasteiger partial charge in [0.1, 0.15) is 18.5 Å². The van der Waals surface area contributed by atoms with Gasteiger partial charge in [0.25, 0.3) is 0 Å². The van der Waals surface area contributed by atoms with Crippen molar-refractivity contribution in [1.82, 2.24) is 10.2 Å². The molecule has 6 nitrogen and oxygen atoms in total. The Morgan fingerprint density at radius 1 is 1.25 bits per heavy atom. The van der Waals surface area contributed by atoms with Crippen LogP contribution in [0.25, 0.3) is 0 Å². The number of halogens is 2. The van der Waals surface area contributed by atoms with Crippen molar-refractivity contribution in [3.63, 3.8) is 0 Å². The van der Waals surface area contributed by atoms with Crippen LogP contribution in [0.2, 0.25) is 10.0 Å². The number of nitrogens with one attached hydrogen (secondary N) is 1. The predicted molar refractivity (Wildman–Crippen MR) is 126 cm³/mol. The van der Waals surface area contributed by atoms with Crippen LogP contribution in [0.4, 0.5) is 0 Å². The van der Waals surface area contributed by atoms with Crippen molar-refractivity contribution in [2.75, 3.05) is 13.1 Å². The van der Waals surface area contributed by atoms with Crippen LogP contribution in [0.15, 0.2) is 71.0 Å². The van der Waals surface area contributed by atoms with E-state index in [9.17, 15) is 4.79 Å². The Hall–Kier alpha value is -2.96. The maximum absolute atomic E-state index is 11.1. The number of ether oxygens (including phenoxy) is 1. The molecular weight excluding hydrogens is 449 g/mol. The number of carboxylic acids is 1. The molecule has 2 aromatic carbocycles. The topological polar surface area (TPSA) is 74.2 Å². The van der Waals surface area contributed by atoms with Crippen LogP contribution < -0.4 is 10.1 Å². The lowest BCUT2D eigenvalue weighted by Gasteiger charge is -2.31. The van der Waals surface area contributed by atoms with E-state index in [2.05, 4.69) is 10.3 Å². The van der Waals surface area contributed by atoms with Gasteiger partial charge in [-0.3, -0.25) is 9.79 Å². The zero-order chi connectivity index (χ0) is 22.7. The van der Waals surface area contributed by atoms with Gasteiger partial charge < -0.3 is 20.1 Å². The first-order valence-corrected chi connectivity index (χ1v) is 11.0. The van der Waals surface area contributed by atoms with Crippen molar-refractivity contribution in [1.29, 1.82) is 0 Å². The van der Waals surface area contributed by atoms with Gasteiger partial charge in [-0.2, -0.15) is 0 Å². The number of rotatable bonds is 7. The number of aliphatic imine (C=N–C) groups is 1. The summed E-state index contributed by atoms with van der Waals surface area (Å²) in [4.78, 5) is 17.7. The van der Waals surface area contributed by atoms with Crippen LogP contribution in [0.5, 0.6) is 5.75 Å². The van der Waals surface area contributed by atoms with Crippen molar-refractivity contribution >= 4 is 35.4 Å². The Morgan fingerprint density at radius 2 is 1.97 bits per heavy atom. The third kappa shape index (κ3) is 5.44. The molecule has 0 radical (unpaired) electrons. The van der Waals surface area contributed by atoms with Crippen LogP contribution in [0.3, 0.4) is 0 Å². The van der Waals surface area contributed by atoms with Gasteiger partial charge >= 0.3 is 5.97 Å². The largest absolute Gasteiger partial charge is 0.489 e. The van der Waals surface area contributed by atoms with Gasteiger partial charge in [-0.25, -0.2) is 0 Å². The van der Waals surface area contributed by atoms with Crippen LogP contribution in [0.1, 0.15) is 24.2 Å². The highest BCUT2D eigenvalue weighted by Gasteiger charge is 2.22. The summed E-state index contributed by atoms with van der Waals surface area (Å²) >= 11 is 12.1. The summed E-state index contributed by atoms with van der Waals surface area (Å²) in [6.07, 6.45) is 5.58. The number of allylic oxidation sites excluding steroid dienone is 1. The number of nitrogens with zero attached hydrogens (tertiary/aromatic N) is 2. The van der Waals surface area contributed by atoms with E-state index in [-0.39, 0.29) is 6.17 Å². The maximum atomic E-state index is 11.1. The lowest BCUT2D eigenvalue weighted by Crippen LogP contribution is -2.35. The summed E-state index contributed by atoms with van der Waals surface area (Å²) in [6.45, 7) is 3.17. The van der Waals surface area contributed by atoms with Crippen molar-refractivity contribution in [2.24, 2.45) is 10.9 Å². The zero-order valence-corrected chi connectivity index (χ0v) is 19.0. The second kappa shape index (κ2) is 9.67. The standard InChI is InChI=1S/C24H23Cl2N3O3/c1-15(24(30)31)12-29-7-6-22-18(13-29)11-27-23(28-22)17-2-4-21(5-3-17)32-14-16-8-19(25)10-20(26)9-16/h2-11,15,23,28H,12-14H2,1H3,(H,30,31). The van der Waals surface area contributed by atoms with Gasteiger partial charge in [0.2, 0.25) is 0 Å². The second-order valence-electron chi connectivity index (χ2n) is 7.88. The Bertz CT molecular complexity index is 1080. The van der Waals surface area contributed by atoms with Gasteiger partial charge in [0, 0.05) is 46.8 Å². The maximum Gasteiger partial charge on any atom is 0.308 e. The molecule has 0 spiro atoms. The normalized spacial score (nSPS) is 18.2. The molecule has 2 aliphatic heterocycles. The molecule has 8 heteroatoms. The summed E-state index contributed by atoms with van der Waals surface area (Å²) in [5, 5.41) is 13.7. The average molecular weight is 472 g/mol. The minimum Gasteiger partial charge on any atom is -0.489 e. The van der Waals surface area contributed by atoms with E-state index in [1.54, 1.807) is 13.0 Å². The summed E-state index contributed by atoms with van der Waals surface area (Å²) in [7, 11) is 0. The quantitative estimate of drug-likeness (QED) is 0.590. The SMILES string of the molecule is CC(CN1C=CC2=C(C=NC(c3ccc(OCc4cc(Cl)cc(Cl)c4)cc3)N2)C1)C(=O)O. The van der Waals surface area contributed by atoms with E-state index in [0.29, 0.717) is 29.7 Å². The fourth-order valence-corrected chi connectivity index (χ4v) is 4.15. The van der Waals surface area contributed by atoms with Gasteiger partial charge in [0.05, 0.1) is 5.92 Å². The predicted octanol–water partition coefficient (Wildman–Crippen LogP) is 5.05. The van der Waals surface area contributed by atoms with Gasteiger partial charge in [-0.05, 0) is 47.5 Å². The fraction of sp³-hybridized carbons (Fsp3) is 0.250. The smallest absolute Gasteiger partial charge is 0.308 e. The van der Waals surface area contributed by atoms with Crippen molar-refractivity contribution in [2.45, 2.75) is 19.7 Å². The fourth-order valence-electron chi connectivity index (χ4n) is 3.58. The number of carbonyl (C=O) groups is 1. The minimum absolute atomic E-state index is 0.191. The molecule has 0 aromatic heterocycles. The molecule has 2 aromatic rings. The number of hydrogen-bond donors (Lipinski definition) is 2. The van der Waals surface area contributed by atoms with E-state index in [0.717, 1.165) is 28.1 Å². The van der Waals surface area contributed by atoms with E-state index in [1.807, 2.05) is 59.8 Å². The Balaban J connectivity index is 1.34. The van der Waals surface area contributed by atoms with Crippen LogP contribution in [-0.2, 0) is 11.4 Å². The molecule has 166 valence electrons. The molecule has 0 saturated heterocycles. The van der Waals surface area contributed by atoms with Gasteiger partial charge in [-0.15, -0.1) is 0 Å². The first-order valence-electron chi connectivity index (χ1n) is 10.2. The molecule has 2 unspecified atom stereocenters. The molecule has 0 bridgehead atoms. The Labute approximate surface area is 196 Å². The van der Waals surface area contributed by atoms with E-state index in [1.165, 1.54) is 0 Å². The number of carboxylic acid groups (broad SMARTS) is 1. The summed E-state index contributed by atoms with van der Waals surface area (Å²) in [5.41, 5.74) is 3.96. The lowest BCUT2D eigenvalue weighted by molar-refractivity contribution is -0.141. The van der Waals surface area contributed by atoms with Gasteiger partial charge in [-0.1, -0.05) is 42.3 Å². The zero-order valence-electron chi connectivity index (χ0n) is 17.5. The Morgan fingerprint density at radius 3 is 2.66 bits per heavy atom. The first-order chi connectivity index (χ1) is 15.4. The summed E-state index contributed by atoms with van der Waals surface area (Å²) < 4.78 is 5.85. The number of hydrogen-bond acceptors (Lipinski definition) is 5. The molecule has 2 atom stereocenters. The van der Waals surface area contributed by atoms with Gasteiger partial charge in [0.15, 0.2) is 0 Å². The molecule has 2 N–H and O–H groups in total. The second-order valence-corrected chi connectivity index (χ2v) is 8.76. The molecule has 32 heavy (non-hydrogen) atoms. The minimum atomic E-state index is -0.794.